The number of nitrogens with zero attached hydrogens (tertiary/aromatic N) is 1. The summed E-state index contributed by atoms with van der Waals surface area (Å²) in [5, 5.41) is 0.139. The molecule has 0 spiro atoms. The number of rotatable bonds is 5. The van der Waals surface area contributed by atoms with Crippen molar-refractivity contribution in [2.45, 2.75) is 26.3 Å². The number of hydrogen-bond acceptors (Lipinski definition) is 3. The Kier molecular flexibility index (Phi) is 4.76. The predicted molar refractivity (Wildman–Crippen MR) is 62.2 cm³/mol. The van der Waals surface area contributed by atoms with Gasteiger partial charge in [0.1, 0.15) is 5.15 Å². The zero-order valence-corrected chi connectivity index (χ0v) is 10.1. The largest absolute Gasteiger partial charge is 0.385 e. The van der Waals surface area contributed by atoms with Gasteiger partial charge in [0.2, 0.25) is 0 Å². The molecule has 0 saturated heterocycles. The Bertz CT molecular complexity index is 464. The Balaban J connectivity index is 3.09. The predicted octanol–water partition coefficient (Wildman–Crippen LogP) is 0.789. The molecule has 0 radical (unpaired) electrons. The fraction of sp³-hybridized carbons (Fsp3) is 0.600. The fourth-order valence-corrected chi connectivity index (χ4v) is 1.76. The van der Waals surface area contributed by atoms with Crippen molar-refractivity contribution in [2.75, 3.05) is 13.7 Å². The van der Waals surface area contributed by atoms with Crippen LogP contribution in [0.5, 0.6) is 0 Å². The van der Waals surface area contributed by atoms with Crippen LogP contribution in [0.25, 0.3) is 0 Å². The van der Waals surface area contributed by atoms with E-state index in [4.69, 9.17) is 16.3 Å². The third kappa shape index (κ3) is 2.74. The Morgan fingerprint density at radius 1 is 1.44 bits per heavy atom. The number of methoxy groups -OCH3 is 1. The van der Waals surface area contributed by atoms with Crippen molar-refractivity contribution >= 4 is 11.6 Å². The second-order valence-corrected chi connectivity index (χ2v) is 3.76. The fourth-order valence-electron chi connectivity index (χ4n) is 1.46. The van der Waals surface area contributed by atoms with Gasteiger partial charge in [-0.3, -0.25) is 14.3 Å². The minimum atomic E-state index is -0.469. The third-order valence-corrected chi connectivity index (χ3v) is 2.64. The summed E-state index contributed by atoms with van der Waals surface area (Å²) < 4.78 is 6.03. The van der Waals surface area contributed by atoms with Gasteiger partial charge in [0, 0.05) is 20.3 Å². The summed E-state index contributed by atoms with van der Waals surface area (Å²) in [7, 11) is 1.58. The lowest BCUT2D eigenvalue weighted by molar-refractivity contribution is 0.189. The minimum absolute atomic E-state index is 0.139. The lowest BCUT2D eigenvalue weighted by Crippen LogP contribution is -2.37. The van der Waals surface area contributed by atoms with Crippen LogP contribution in [-0.4, -0.2) is 23.3 Å². The van der Waals surface area contributed by atoms with E-state index in [0.717, 1.165) is 4.57 Å². The lowest BCUT2D eigenvalue weighted by atomic mass is 10.2. The molecule has 1 heterocycles. The quantitative estimate of drug-likeness (QED) is 0.617. The molecular formula is C10H15ClN2O3. The van der Waals surface area contributed by atoms with Gasteiger partial charge in [-0.1, -0.05) is 18.5 Å². The summed E-state index contributed by atoms with van der Waals surface area (Å²) in [4.78, 5) is 25.8. The Morgan fingerprint density at radius 3 is 2.69 bits per heavy atom. The van der Waals surface area contributed by atoms with Gasteiger partial charge in [-0.15, -0.1) is 0 Å². The summed E-state index contributed by atoms with van der Waals surface area (Å²) in [6.45, 7) is 2.67. The second-order valence-electron chi connectivity index (χ2n) is 3.38. The van der Waals surface area contributed by atoms with E-state index in [9.17, 15) is 9.59 Å². The number of halogens is 1. The molecule has 0 aliphatic rings. The van der Waals surface area contributed by atoms with E-state index in [1.807, 2.05) is 6.92 Å². The first-order valence-corrected chi connectivity index (χ1v) is 5.50. The molecule has 16 heavy (non-hydrogen) atoms. The number of aromatic nitrogens is 2. The maximum atomic E-state index is 11.9. The molecular weight excluding hydrogens is 232 g/mol. The highest BCUT2D eigenvalue weighted by atomic mass is 35.5. The molecule has 0 amide bonds. The van der Waals surface area contributed by atoms with Crippen molar-refractivity contribution in [2.24, 2.45) is 0 Å². The van der Waals surface area contributed by atoms with E-state index in [-0.39, 0.29) is 10.7 Å². The van der Waals surface area contributed by atoms with Crippen LogP contribution in [-0.2, 0) is 17.7 Å². The molecule has 90 valence electrons. The zero-order valence-electron chi connectivity index (χ0n) is 9.38. The average Bonchev–Trinajstić information content (AvgIpc) is 2.23. The first-order valence-electron chi connectivity index (χ1n) is 5.12. The topological polar surface area (TPSA) is 64.1 Å². The van der Waals surface area contributed by atoms with Crippen LogP contribution < -0.4 is 11.2 Å². The van der Waals surface area contributed by atoms with Gasteiger partial charge in [0.05, 0.1) is 5.56 Å². The van der Waals surface area contributed by atoms with Gasteiger partial charge in [-0.25, -0.2) is 4.79 Å². The van der Waals surface area contributed by atoms with Crippen molar-refractivity contribution in [3.63, 3.8) is 0 Å². The highest BCUT2D eigenvalue weighted by molar-refractivity contribution is 6.30. The molecule has 0 unspecified atom stereocenters. The van der Waals surface area contributed by atoms with E-state index >= 15 is 0 Å². The molecule has 1 aromatic heterocycles. The number of H-pyrrole nitrogens is 1. The number of hydrogen-bond donors (Lipinski definition) is 1. The van der Waals surface area contributed by atoms with Gasteiger partial charge >= 0.3 is 5.69 Å². The molecule has 0 aromatic carbocycles. The molecule has 1 aromatic rings. The first kappa shape index (κ1) is 13.0. The van der Waals surface area contributed by atoms with E-state index in [0.29, 0.717) is 31.6 Å². The van der Waals surface area contributed by atoms with Crippen molar-refractivity contribution in [1.82, 2.24) is 9.55 Å². The van der Waals surface area contributed by atoms with E-state index in [2.05, 4.69) is 4.98 Å². The number of ether oxygens (including phenoxy) is 1. The maximum absolute atomic E-state index is 11.9. The smallest absolute Gasteiger partial charge is 0.329 e. The molecule has 0 atom stereocenters. The molecule has 6 heteroatoms. The van der Waals surface area contributed by atoms with Crippen LogP contribution in [0, 0.1) is 0 Å². The Morgan fingerprint density at radius 2 is 2.12 bits per heavy atom. The van der Waals surface area contributed by atoms with Gasteiger partial charge in [0.25, 0.3) is 5.56 Å². The summed E-state index contributed by atoms with van der Waals surface area (Å²) >= 11 is 5.77. The highest BCUT2D eigenvalue weighted by Gasteiger charge is 2.10. The molecule has 1 N–H and O–H groups in total. The van der Waals surface area contributed by atoms with E-state index < -0.39 is 5.69 Å². The number of aromatic amines is 1. The molecule has 0 fully saturated rings. The average molecular weight is 247 g/mol. The van der Waals surface area contributed by atoms with Gasteiger partial charge in [-0.05, 0) is 12.8 Å². The summed E-state index contributed by atoms with van der Waals surface area (Å²) in [5.41, 5.74) is -0.339. The molecule has 5 nitrogen and oxygen atoms in total. The third-order valence-electron chi connectivity index (χ3n) is 2.31. The number of nitrogens with one attached hydrogen (secondary N) is 1. The van der Waals surface area contributed by atoms with E-state index in [1.54, 1.807) is 7.11 Å². The first-order chi connectivity index (χ1) is 7.61. The van der Waals surface area contributed by atoms with Crippen molar-refractivity contribution in [1.29, 1.82) is 0 Å². The van der Waals surface area contributed by atoms with Crippen molar-refractivity contribution in [3.8, 4) is 0 Å². The van der Waals surface area contributed by atoms with Crippen LogP contribution in [0.2, 0.25) is 5.15 Å². The van der Waals surface area contributed by atoms with Crippen LogP contribution in [0.15, 0.2) is 9.59 Å². The molecule has 0 aliphatic heterocycles. The SMILES string of the molecule is CCc1c(Cl)[nH]c(=O)n(CCCOC)c1=O. The summed E-state index contributed by atoms with van der Waals surface area (Å²) in [5.74, 6) is 0. The molecule has 0 aliphatic carbocycles. The lowest BCUT2D eigenvalue weighted by Gasteiger charge is -2.07. The Hall–Kier alpha value is -1.07. The maximum Gasteiger partial charge on any atom is 0.329 e. The molecule has 0 saturated carbocycles. The monoisotopic (exact) mass is 246 g/mol. The summed E-state index contributed by atoms with van der Waals surface area (Å²) in [6, 6.07) is 0. The van der Waals surface area contributed by atoms with Crippen LogP contribution in [0.3, 0.4) is 0 Å². The van der Waals surface area contributed by atoms with Gasteiger partial charge in [-0.2, -0.15) is 0 Å². The molecule has 0 bridgehead atoms. The standard InChI is InChI=1S/C10H15ClN2O3/c1-3-7-8(11)12-10(15)13(9(7)14)5-4-6-16-2/h3-6H2,1-2H3,(H,12,15). The Labute approximate surface area is 98.0 Å². The normalized spacial score (nSPS) is 10.7. The van der Waals surface area contributed by atoms with E-state index in [1.165, 1.54) is 0 Å². The van der Waals surface area contributed by atoms with Crippen LogP contribution in [0.1, 0.15) is 18.9 Å². The van der Waals surface area contributed by atoms with Crippen LogP contribution in [0.4, 0.5) is 0 Å². The zero-order chi connectivity index (χ0) is 12.1. The second kappa shape index (κ2) is 5.86. The van der Waals surface area contributed by atoms with Crippen LogP contribution >= 0.6 is 11.6 Å². The van der Waals surface area contributed by atoms with Gasteiger partial charge < -0.3 is 4.74 Å². The highest BCUT2D eigenvalue weighted by Crippen LogP contribution is 2.05. The molecule has 1 rings (SSSR count). The van der Waals surface area contributed by atoms with Crippen molar-refractivity contribution in [3.05, 3.63) is 31.6 Å². The minimum Gasteiger partial charge on any atom is -0.385 e. The van der Waals surface area contributed by atoms with Crippen molar-refractivity contribution < 1.29 is 4.74 Å². The summed E-state index contributed by atoms with van der Waals surface area (Å²) in [6.07, 6.45) is 1.11. The van der Waals surface area contributed by atoms with Gasteiger partial charge in [0.15, 0.2) is 0 Å².